The second-order valence-electron chi connectivity index (χ2n) is 16.1. The van der Waals surface area contributed by atoms with Crippen molar-refractivity contribution < 1.29 is 24.5 Å². The van der Waals surface area contributed by atoms with Gasteiger partial charge in [0.2, 0.25) is 0 Å². The summed E-state index contributed by atoms with van der Waals surface area (Å²) >= 11 is 7.43. The molecule has 13 atom stereocenters. The first-order valence-electron chi connectivity index (χ1n) is 19.0. The maximum absolute atomic E-state index is 11.8. The van der Waals surface area contributed by atoms with E-state index in [1.54, 1.807) is 31.2 Å². The molecule has 7 aliphatic rings. The fraction of sp³-hybridized carbons (Fsp3) is 0.811. The van der Waals surface area contributed by atoms with Crippen LogP contribution in [0.3, 0.4) is 0 Å². The summed E-state index contributed by atoms with van der Waals surface area (Å²) in [7, 11) is 0. The number of anilines is 1. The number of hydrogen-bond acceptors (Lipinski definition) is 8. The quantitative estimate of drug-likeness (QED) is 0.181. The third kappa shape index (κ3) is 7.23. The molecule has 5 saturated heterocycles. The van der Waals surface area contributed by atoms with Gasteiger partial charge in [0.1, 0.15) is 36.4 Å². The Kier molecular flexibility index (Phi) is 10.8. The van der Waals surface area contributed by atoms with E-state index in [2.05, 4.69) is 20.9 Å². The molecule has 5 heterocycles. The van der Waals surface area contributed by atoms with Crippen molar-refractivity contribution in [1.82, 2.24) is 15.5 Å². The van der Waals surface area contributed by atoms with Gasteiger partial charge in [-0.05, 0) is 74.3 Å². The largest absolute Gasteiger partial charge is 0.491 e. The number of ether oxygens (including phenoxy) is 2. The fourth-order valence-electron chi connectivity index (χ4n) is 10.5. The molecule has 0 aromatic heterocycles. The minimum Gasteiger partial charge on any atom is -0.491 e. The summed E-state index contributed by atoms with van der Waals surface area (Å²) in [5, 5.41) is 33.9. The van der Waals surface area contributed by atoms with Crippen LogP contribution in [0.5, 0.6) is 5.75 Å². The van der Waals surface area contributed by atoms with Crippen molar-refractivity contribution in [1.29, 1.82) is 0 Å². The standard InChI is InChI=1S/C37H58ClN5O5/c1-37(46)29(21-47-27-16-8-15-26(19-27)40-36(39)45)48-35(31(37)44)43-20-28-24-11-6-5-10-23(17-18-24)22-9-3-2-4-12-25(14-7-13-22)33-41-32(38)30(28)34(43)42-33/h8,15-16,19,22-25,28-35,41-42,44,46H,2-7,9-14,17-18,20-21H2,1H3,(H3,39,40,45)/t22?,23?,24?,25?,28?,29-,30?,31+,32?,33?,34?,35-,37-/m1/s1. The zero-order valence-electron chi connectivity index (χ0n) is 28.6. The summed E-state index contributed by atoms with van der Waals surface area (Å²) in [6.45, 7) is 2.45. The summed E-state index contributed by atoms with van der Waals surface area (Å²) in [5.74, 6) is 3.79. The van der Waals surface area contributed by atoms with Crippen molar-refractivity contribution in [2.45, 2.75) is 139 Å². The van der Waals surface area contributed by atoms with Crippen LogP contribution in [-0.2, 0) is 4.74 Å². The Bertz CT molecular complexity index is 1260. The number of halogens is 1. The number of aliphatic hydroxyl groups excluding tert-OH is 1. The van der Waals surface area contributed by atoms with Crippen LogP contribution in [0.4, 0.5) is 10.5 Å². The number of urea groups is 1. The number of likely N-dealkylation sites (tertiary alicyclic amines) is 1. The molecule has 1 aromatic carbocycles. The molecule has 2 saturated carbocycles. The molecule has 1 aromatic rings. The molecule has 7 N–H and O–H groups in total. The summed E-state index contributed by atoms with van der Waals surface area (Å²) in [6.07, 6.45) is 15.6. The Morgan fingerprint density at radius 1 is 1.00 bits per heavy atom. The van der Waals surface area contributed by atoms with Crippen LogP contribution in [0.2, 0.25) is 0 Å². The third-order valence-electron chi connectivity index (χ3n) is 13.2. The van der Waals surface area contributed by atoms with Crippen LogP contribution in [0.15, 0.2) is 24.3 Å². The molecule has 0 spiro atoms. The Labute approximate surface area is 291 Å². The van der Waals surface area contributed by atoms with Crippen molar-refractivity contribution in [2.75, 3.05) is 18.5 Å². The molecule has 11 heteroatoms. The second-order valence-corrected chi connectivity index (χ2v) is 16.6. The van der Waals surface area contributed by atoms with Gasteiger partial charge in [-0.25, -0.2) is 4.79 Å². The zero-order valence-corrected chi connectivity index (χ0v) is 29.3. The van der Waals surface area contributed by atoms with E-state index in [1.165, 1.54) is 89.9 Å². The van der Waals surface area contributed by atoms with Crippen LogP contribution < -0.4 is 26.4 Å². The van der Waals surface area contributed by atoms with Gasteiger partial charge in [-0.2, -0.15) is 0 Å². The van der Waals surface area contributed by atoms with Crippen molar-refractivity contribution >= 4 is 23.3 Å². The number of nitrogens with one attached hydrogen (secondary N) is 3. The van der Waals surface area contributed by atoms with Crippen molar-refractivity contribution in [3.05, 3.63) is 24.3 Å². The van der Waals surface area contributed by atoms with E-state index in [-0.39, 0.29) is 30.4 Å². The Morgan fingerprint density at radius 2 is 1.67 bits per heavy atom. The lowest BCUT2D eigenvalue weighted by molar-refractivity contribution is -0.114. The minimum atomic E-state index is -1.53. The van der Waals surface area contributed by atoms with Crippen LogP contribution >= 0.6 is 11.6 Å². The average Bonchev–Trinajstić information content (AvgIpc) is 3.52. The number of hydrogen-bond donors (Lipinski definition) is 6. The highest BCUT2D eigenvalue weighted by Gasteiger charge is 2.60. The lowest BCUT2D eigenvalue weighted by atomic mass is 9.70. The Balaban J connectivity index is 1.15. The molecule has 7 fully saturated rings. The summed E-state index contributed by atoms with van der Waals surface area (Å²) in [6, 6.07) is 6.27. The molecule has 0 radical (unpaired) electrons. The van der Waals surface area contributed by atoms with Crippen LogP contribution in [0, 0.1) is 35.5 Å². The lowest BCUT2D eigenvalue weighted by Gasteiger charge is -2.47. The number of nitrogens with zero attached hydrogens (tertiary/aromatic N) is 1. The number of alkyl halides is 1. The summed E-state index contributed by atoms with van der Waals surface area (Å²) in [4.78, 5) is 13.7. The fourth-order valence-corrected chi connectivity index (χ4v) is 11.0. The van der Waals surface area contributed by atoms with E-state index >= 15 is 0 Å². The highest BCUT2D eigenvalue weighted by atomic mass is 35.5. The van der Waals surface area contributed by atoms with Crippen molar-refractivity contribution in [3.8, 4) is 5.75 Å². The second kappa shape index (κ2) is 14.9. The van der Waals surface area contributed by atoms with Gasteiger partial charge in [-0.1, -0.05) is 70.3 Å². The van der Waals surface area contributed by atoms with Crippen LogP contribution in [0.25, 0.3) is 0 Å². The predicted molar refractivity (Wildman–Crippen MR) is 186 cm³/mol. The van der Waals surface area contributed by atoms with Gasteiger partial charge in [0.15, 0.2) is 0 Å². The lowest BCUT2D eigenvalue weighted by Crippen LogP contribution is -2.68. The number of fused-ring (bicyclic) bond motifs is 1. The third-order valence-corrected chi connectivity index (χ3v) is 13.6. The molecule has 2 amide bonds. The number of rotatable bonds is 5. The van der Waals surface area contributed by atoms with E-state index < -0.39 is 30.1 Å². The number of primary amides is 1. The van der Waals surface area contributed by atoms with Gasteiger partial charge in [-0.3, -0.25) is 15.5 Å². The van der Waals surface area contributed by atoms with Gasteiger partial charge in [0.05, 0.1) is 17.8 Å². The van der Waals surface area contributed by atoms with E-state index in [4.69, 9.17) is 26.8 Å². The molecule has 48 heavy (non-hydrogen) atoms. The van der Waals surface area contributed by atoms with Gasteiger partial charge in [0.25, 0.3) is 0 Å². The number of carbonyl (C=O) groups excluding carboxylic acids is 1. The van der Waals surface area contributed by atoms with Crippen molar-refractivity contribution in [2.24, 2.45) is 41.2 Å². The highest BCUT2D eigenvalue weighted by Crippen LogP contribution is 2.49. The molecule has 2 aliphatic carbocycles. The monoisotopic (exact) mass is 687 g/mol. The average molecular weight is 688 g/mol. The summed E-state index contributed by atoms with van der Waals surface area (Å²) in [5.41, 5.74) is 4.09. The van der Waals surface area contributed by atoms with E-state index in [1.807, 2.05) is 0 Å². The summed E-state index contributed by atoms with van der Waals surface area (Å²) < 4.78 is 12.7. The normalized spacial score (nSPS) is 43.8. The van der Waals surface area contributed by atoms with Gasteiger partial charge < -0.3 is 30.7 Å². The maximum Gasteiger partial charge on any atom is 0.316 e. The molecular weight excluding hydrogens is 630 g/mol. The maximum atomic E-state index is 11.8. The highest BCUT2D eigenvalue weighted by molar-refractivity contribution is 6.20. The number of carbonyl (C=O) groups is 1. The molecule has 5 aliphatic heterocycles. The van der Waals surface area contributed by atoms with Gasteiger partial charge in [-0.15, -0.1) is 11.6 Å². The Morgan fingerprint density at radius 3 is 2.46 bits per heavy atom. The first-order chi connectivity index (χ1) is 23.2. The molecule has 10 nitrogen and oxygen atoms in total. The SMILES string of the molecule is C[C@@]1(O)[C@@H](COc2cccc(NC(N)=O)c2)O[C@@H](N2CC3C4CCCCC(CC4)C4CCCCCC(CCC4)C4NC(Cl)C3C2N4)[C@@H]1O. The molecule has 8 bridgehead atoms. The number of aliphatic hydroxyl groups is 2. The van der Waals surface area contributed by atoms with Gasteiger partial charge in [0, 0.05) is 24.2 Å². The number of nitrogens with two attached hydrogens (primary N) is 1. The molecular formula is C37H58ClN5O5. The van der Waals surface area contributed by atoms with Crippen LogP contribution in [-0.4, -0.2) is 76.2 Å². The van der Waals surface area contributed by atoms with Crippen molar-refractivity contribution in [3.63, 3.8) is 0 Å². The minimum absolute atomic E-state index is 0.0366. The molecule has 268 valence electrons. The number of benzene rings is 1. The Hall–Kier alpha value is -1.66. The van der Waals surface area contributed by atoms with E-state index in [9.17, 15) is 15.0 Å². The first kappa shape index (κ1) is 34.8. The smallest absolute Gasteiger partial charge is 0.316 e. The molecule has 8 rings (SSSR count). The zero-order chi connectivity index (χ0) is 33.4. The van der Waals surface area contributed by atoms with E-state index in [0.29, 0.717) is 29.2 Å². The van der Waals surface area contributed by atoms with Gasteiger partial charge >= 0.3 is 6.03 Å². The van der Waals surface area contributed by atoms with E-state index in [0.717, 1.165) is 18.4 Å². The first-order valence-corrected chi connectivity index (χ1v) is 19.4. The van der Waals surface area contributed by atoms with Crippen LogP contribution in [0.1, 0.15) is 96.8 Å². The topological polar surface area (TPSA) is 141 Å². The number of amides is 2. The predicted octanol–water partition coefficient (Wildman–Crippen LogP) is 5.32. The molecule has 9 unspecified atom stereocenters.